The highest BCUT2D eigenvalue weighted by Gasteiger charge is 2.36. The van der Waals surface area contributed by atoms with Crippen molar-refractivity contribution in [2.75, 3.05) is 11.9 Å². The number of halogens is 1. The van der Waals surface area contributed by atoms with Crippen LogP contribution in [0.4, 0.5) is 10.6 Å². The number of fused-ring (bicyclic) bond motifs is 1. The summed E-state index contributed by atoms with van der Waals surface area (Å²) in [6.07, 6.45) is 0.245. The highest BCUT2D eigenvalue weighted by atomic mass is 35.5. The largest absolute Gasteiger partial charge is 0.465 e. The second-order valence-electron chi connectivity index (χ2n) is 10.2. The van der Waals surface area contributed by atoms with E-state index in [1.54, 1.807) is 37.3 Å². The topological polar surface area (TPSA) is 158 Å². The quantitative estimate of drug-likeness (QED) is 0.242. The van der Waals surface area contributed by atoms with Gasteiger partial charge in [0.1, 0.15) is 17.9 Å². The summed E-state index contributed by atoms with van der Waals surface area (Å²) in [5.74, 6) is -1.60. The van der Waals surface area contributed by atoms with Gasteiger partial charge >= 0.3 is 6.09 Å². The maximum atomic E-state index is 13.7. The number of Topliss-reactive ketones (excluding diaryl/α,β-unsaturated/α-hetero) is 1. The SMILES string of the molecule is Cc1cnc(NC(=O)C(CCNC(=O)O)NC(=O)C2Cc3ccccc3CN2C(=O)CCC(=O)c2ccccc2)cc1Cl. The molecule has 12 heteroatoms. The number of hydrogen-bond acceptors (Lipinski definition) is 6. The monoisotopic (exact) mass is 605 g/mol. The molecule has 0 bridgehead atoms. The number of carboxylic acid groups (broad SMARTS) is 1. The van der Waals surface area contributed by atoms with Crippen LogP contribution in [0.5, 0.6) is 0 Å². The molecular formula is C31H32ClN5O6. The van der Waals surface area contributed by atoms with Gasteiger partial charge in [-0.05, 0) is 36.1 Å². The summed E-state index contributed by atoms with van der Waals surface area (Å²) < 4.78 is 0. The van der Waals surface area contributed by atoms with Crippen molar-refractivity contribution in [3.05, 3.63) is 94.1 Å². The van der Waals surface area contributed by atoms with E-state index in [1.165, 1.54) is 17.2 Å². The molecule has 2 unspecified atom stereocenters. The van der Waals surface area contributed by atoms with E-state index in [1.807, 2.05) is 24.3 Å². The Morgan fingerprint density at radius 1 is 1.02 bits per heavy atom. The van der Waals surface area contributed by atoms with E-state index in [0.717, 1.165) is 11.1 Å². The van der Waals surface area contributed by atoms with Crippen LogP contribution in [0, 0.1) is 6.92 Å². The average molecular weight is 606 g/mol. The fourth-order valence-corrected chi connectivity index (χ4v) is 4.94. The molecule has 0 spiro atoms. The highest BCUT2D eigenvalue weighted by Crippen LogP contribution is 2.25. The van der Waals surface area contributed by atoms with Crippen molar-refractivity contribution in [3.63, 3.8) is 0 Å². The number of hydrogen-bond donors (Lipinski definition) is 4. The Hall–Kier alpha value is -4.77. The number of nitrogens with zero attached hydrogens (tertiary/aromatic N) is 2. The first kappa shape index (κ1) is 31.2. The molecule has 2 aromatic carbocycles. The number of nitrogens with one attached hydrogen (secondary N) is 3. The van der Waals surface area contributed by atoms with Crippen LogP contribution in [0.15, 0.2) is 66.9 Å². The van der Waals surface area contributed by atoms with Gasteiger partial charge in [0.2, 0.25) is 17.7 Å². The third-order valence-electron chi connectivity index (χ3n) is 7.16. The Bertz CT molecular complexity index is 1520. The zero-order chi connectivity index (χ0) is 30.9. The lowest BCUT2D eigenvalue weighted by Crippen LogP contribution is -2.56. The third-order valence-corrected chi connectivity index (χ3v) is 7.57. The van der Waals surface area contributed by atoms with Crippen LogP contribution in [0.2, 0.25) is 5.02 Å². The number of carbonyl (C=O) groups is 5. The molecule has 2 atom stereocenters. The van der Waals surface area contributed by atoms with Crippen LogP contribution in [0.1, 0.15) is 46.3 Å². The van der Waals surface area contributed by atoms with Crippen LogP contribution in [-0.4, -0.2) is 63.2 Å². The van der Waals surface area contributed by atoms with Crippen LogP contribution in [0.3, 0.4) is 0 Å². The summed E-state index contributed by atoms with van der Waals surface area (Å²) in [7, 11) is 0. The van der Waals surface area contributed by atoms with Gasteiger partial charge in [0.25, 0.3) is 0 Å². The Labute approximate surface area is 253 Å². The first-order valence-corrected chi connectivity index (χ1v) is 14.1. The predicted octanol–water partition coefficient (Wildman–Crippen LogP) is 3.74. The second-order valence-corrected chi connectivity index (χ2v) is 10.6. The normalized spacial score (nSPS) is 14.7. The summed E-state index contributed by atoms with van der Waals surface area (Å²) in [4.78, 5) is 69.6. The van der Waals surface area contributed by atoms with E-state index in [0.29, 0.717) is 16.1 Å². The van der Waals surface area contributed by atoms with Gasteiger partial charge in [-0.25, -0.2) is 9.78 Å². The second kappa shape index (κ2) is 14.4. The molecule has 4 rings (SSSR count). The minimum atomic E-state index is -1.27. The summed E-state index contributed by atoms with van der Waals surface area (Å²) in [5.41, 5.74) is 2.99. The molecule has 0 aliphatic carbocycles. The average Bonchev–Trinajstić information content (AvgIpc) is 3.00. The van der Waals surface area contributed by atoms with Crippen molar-refractivity contribution in [2.45, 2.75) is 51.2 Å². The molecule has 1 aliphatic heterocycles. The first-order valence-electron chi connectivity index (χ1n) is 13.8. The zero-order valence-corrected chi connectivity index (χ0v) is 24.3. The van der Waals surface area contributed by atoms with Crippen LogP contribution in [-0.2, 0) is 27.3 Å². The van der Waals surface area contributed by atoms with Gasteiger partial charge in [0.15, 0.2) is 5.78 Å². The van der Waals surface area contributed by atoms with E-state index in [4.69, 9.17) is 16.7 Å². The number of aromatic nitrogens is 1. The number of benzene rings is 2. The van der Waals surface area contributed by atoms with Gasteiger partial charge in [-0.2, -0.15) is 0 Å². The molecule has 43 heavy (non-hydrogen) atoms. The lowest BCUT2D eigenvalue weighted by Gasteiger charge is -2.36. The highest BCUT2D eigenvalue weighted by molar-refractivity contribution is 6.31. The van der Waals surface area contributed by atoms with Crippen LogP contribution >= 0.6 is 11.6 Å². The van der Waals surface area contributed by atoms with Crippen molar-refractivity contribution in [1.82, 2.24) is 20.5 Å². The minimum Gasteiger partial charge on any atom is -0.465 e. The lowest BCUT2D eigenvalue weighted by atomic mass is 9.92. The number of rotatable bonds is 11. The zero-order valence-electron chi connectivity index (χ0n) is 23.5. The van der Waals surface area contributed by atoms with Crippen LogP contribution < -0.4 is 16.0 Å². The smallest absolute Gasteiger partial charge is 0.404 e. The van der Waals surface area contributed by atoms with Crippen molar-refractivity contribution < 1.29 is 29.1 Å². The minimum absolute atomic E-state index is 0.0205. The molecule has 1 aromatic heterocycles. The van der Waals surface area contributed by atoms with Gasteiger partial charge in [0.05, 0.1) is 0 Å². The van der Waals surface area contributed by atoms with Crippen molar-refractivity contribution in [2.24, 2.45) is 0 Å². The fraction of sp³-hybridized carbons (Fsp3) is 0.290. The van der Waals surface area contributed by atoms with Crippen molar-refractivity contribution in [1.29, 1.82) is 0 Å². The Morgan fingerprint density at radius 3 is 2.42 bits per heavy atom. The van der Waals surface area contributed by atoms with E-state index >= 15 is 0 Å². The Balaban J connectivity index is 1.51. The number of ketones is 1. The number of amides is 4. The van der Waals surface area contributed by atoms with Crippen molar-refractivity contribution in [3.8, 4) is 0 Å². The Kier molecular flexibility index (Phi) is 10.4. The molecule has 3 aromatic rings. The van der Waals surface area contributed by atoms with Crippen LogP contribution in [0.25, 0.3) is 0 Å². The standard InChI is InChI=1S/C31H32ClN5O6/c1-19-17-34-27(16-23(19)32)36-29(40)24(13-14-33-31(42)43)35-30(41)25-15-21-9-5-6-10-22(21)18-37(25)28(39)12-11-26(38)20-7-3-2-4-8-20/h2-10,16-17,24-25,33H,11-15,18H2,1H3,(H,35,41)(H,42,43)(H,34,36,40). The van der Waals surface area contributed by atoms with Gasteiger partial charge in [-0.1, -0.05) is 66.2 Å². The first-order chi connectivity index (χ1) is 20.6. The molecule has 0 saturated heterocycles. The summed E-state index contributed by atoms with van der Waals surface area (Å²) in [5, 5.41) is 16.9. The number of aryl methyl sites for hydroxylation is 1. The summed E-state index contributed by atoms with van der Waals surface area (Å²) in [6, 6.07) is 15.5. The van der Waals surface area contributed by atoms with Gasteiger partial charge in [0, 0.05) is 49.1 Å². The van der Waals surface area contributed by atoms with E-state index in [-0.39, 0.29) is 56.3 Å². The molecule has 0 fully saturated rings. The number of carbonyl (C=O) groups excluding carboxylic acids is 4. The maximum absolute atomic E-state index is 13.7. The van der Waals surface area contributed by atoms with E-state index < -0.39 is 30.0 Å². The number of pyridine rings is 1. The van der Waals surface area contributed by atoms with E-state index in [9.17, 15) is 24.0 Å². The molecule has 11 nitrogen and oxygen atoms in total. The van der Waals surface area contributed by atoms with Gasteiger partial charge in [-0.15, -0.1) is 0 Å². The number of anilines is 1. The van der Waals surface area contributed by atoms with Gasteiger partial charge < -0.3 is 26.0 Å². The molecule has 2 heterocycles. The molecule has 0 radical (unpaired) electrons. The van der Waals surface area contributed by atoms with E-state index in [2.05, 4.69) is 20.9 Å². The predicted molar refractivity (Wildman–Crippen MR) is 160 cm³/mol. The molecule has 4 amide bonds. The van der Waals surface area contributed by atoms with Crippen molar-refractivity contribution >= 4 is 47.0 Å². The molecule has 224 valence electrons. The molecule has 1 aliphatic rings. The molecule has 0 saturated carbocycles. The maximum Gasteiger partial charge on any atom is 0.404 e. The summed E-state index contributed by atoms with van der Waals surface area (Å²) >= 11 is 6.15. The molecular weight excluding hydrogens is 574 g/mol. The summed E-state index contributed by atoms with van der Waals surface area (Å²) in [6.45, 7) is 1.80. The van der Waals surface area contributed by atoms with Gasteiger partial charge in [-0.3, -0.25) is 19.2 Å². The Morgan fingerprint density at radius 2 is 1.72 bits per heavy atom. The third kappa shape index (κ3) is 8.39. The fourth-order valence-electron chi connectivity index (χ4n) is 4.79. The molecule has 4 N–H and O–H groups in total. The lowest BCUT2D eigenvalue weighted by molar-refractivity contribution is -0.142.